The fraction of sp³-hybridized carbons (Fsp3) is 0.240. The van der Waals surface area contributed by atoms with Crippen LogP contribution in [-0.4, -0.2) is 35.8 Å². The van der Waals surface area contributed by atoms with Gasteiger partial charge < -0.3 is 10.0 Å². The average Bonchev–Trinajstić information content (AvgIpc) is 3.11. The van der Waals surface area contributed by atoms with Crippen molar-refractivity contribution in [2.45, 2.75) is 25.7 Å². The lowest BCUT2D eigenvalue weighted by Gasteiger charge is -2.37. The van der Waals surface area contributed by atoms with Crippen molar-refractivity contribution < 1.29 is 14.7 Å². The van der Waals surface area contributed by atoms with Crippen LogP contribution in [0, 0.1) is 0 Å². The lowest BCUT2D eigenvalue weighted by Crippen LogP contribution is -2.34. The number of benzene rings is 2. The predicted molar refractivity (Wildman–Crippen MR) is 121 cm³/mol. The van der Waals surface area contributed by atoms with Crippen LogP contribution in [0.15, 0.2) is 65.3 Å². The van der Waals surface area contributed by atoms with Crippen LogP contribution in [0.2, 0.25) is 0 Å². The number of carboxylic acids is 1. The zero-order valence-corrected chi connectivity index (χ0v) is 17.1. The number of hydrogen-bond acceptors (Lipinski definition) is 4. The zero-order chi connectivity index (χ0) is 21.4. The van der Waals surface area contributed by atoms with E-state index in [0.717, 1.165) is 36.5 Å². The molecule has 0 aliphatic carbocycles. The first-order chi connectivity index (χ1) is 15.1. The van der Waals surface area contributed by atoms with Crippen molar-refractivity contribution in [2.75, 3.05) is 23.0 Å². The second kappa shape index (κ2) is 7.87. The quantitative estimate of drug-likeness (QED) is 0.774. The molecular formula is C25H23N3O3. The molecule has 3 aliphatic heterocycles. The molecular weight excluding hydrogens is 390 g/mol. The van der Waals surface area contributed by atoms with Crippen molar-refractivity contribution in [3.05, 3.63) is 76.9 Å². The summed E-state index contributed by atoms with van der Waals surface area (Å²) in [6.07, 6.45) is 9.75. The minimum Gasteiger partial charge on any atom is -0.476 e. The second-order valence-corrected chi connectivity index (χ2v) is 8.03. The van der Waals surface area contributed by atoms with Crippen molar-refractivity contribution in [1.29, 1.82) is 0 Å². The third kappa shape index (κ3) is 3.54. The number of anilines is 2. The van der Waals surface area contributed by atoms with Gasteiger partial charge in [0.05, 0.1) is 11.3 Å². The Kier molecular flexibility index (Phi) is 4.90. The molecule has 0 radical (unpaired) electrons. The molecule has 6 heteroatoms. The number of carbonyl (C=O) groups is 2. The molecule has 1 N–H and O–H groups in total. The summed E-state index contributed by atoms with van der Waals surface area (Å²) in [6, 6.07) is 13.3. The van der Waals surface area contributed by atoms with Crippen LogP contribution in [0.5, 0.6) is 0 Å². The predicted octanol–water partition coefficient (Wildman–Crippen LogP) is 3.81. The number of hydrogen-bond donors (Lipinski definition) is 1. The van der Waals surface area contributed by atoms with E-state index in [9.17, 15) is 14.7 Å². The number of hydrazone groups is 1. The number of para-hydroxylation sites is 1. The van der Waals surface area contributed by atoms with Gasteiger partial charge in [0.15, 0.2) is 5.71 Å². The smallest absolute Gasteiger partial charge is 0.357 e. The highest BCUT2D eigenvalue weighted by Crippen LogP contribution is 2.36. The van der Waals surface area contributed by atoms with Crippen molar-refractivity contribution >= 4 is 35.0 Å². The van der Waals surface area contributed by atoms with Gasteiger partial charge in [-0.3, -0.25) is 4.79 Å². The topological polar surface area (TPSA) is 73.2 Å². The van der Waals surface area contributed by atoms with E-state index in [1.54, 1.807) is 36.4 Å². The number of carboxylic acid groups (broad SMARTS) is 1. The number of amides is 1. The van der Waals surface area contributed by atoms with Crippen LogP contribution >= 0.6 is 0 Å². The second-order valence-electron chi connectivity index (χ2n) is 8.03. The largest absolute Gasteiger partial charge is 0.476 e. The van der Waals surface area contributed by atoms with Crippen LogP contribution < -0.4 is 9.91 Å². The van der Waals surface area contributed by atoms with Crippen LogP contribution in [0.25, 0.3) is 6.08 Å². The Balaban J connectivity index is 1.44. The van der Waals surface area contributed by atoms with E-state index < -0.39 is 11.9 Å². The molecule has 0 unspecified atom stereocenters. The molecule has 156 valence electrons. The molecule has 5 rings (SSSR count). The summed E-state index contributed by atoms with van der Waals surface area (Å²) in [7, 11) is 0. The van der Waals surface area contributed by atoms with Gasteiger partial charge >= 0.3 is 5.97 Å². The molecule has 0 saturated carbocycles. The minimum atomic E-state index is -1.22. The van der Waals surface area contributed by atoms with Gasteiger partial charge in [-0.15, -0.1) is 0 Å². The highest BCUT2D eigenvalue weighted by Gasteiger charge is 2.34. The van der Waals surface area contributed by atoms with Crippen LogP contribution in [0.1, 0.15) is 29.5 Å². The Morgan fingerprint density at radius 2 is 1.71 bits per heavy atom. The van der Waals surface area contributed by atoms with E-state index in [1.165, 1.54) is 29.7 Å². The molecule has 1 amide bonds. The summed E-state index contributed by atoms with van der Waals surface area (Å²) in [4.78, 5) is 27.0. The summed E-state index contributed by atoms with van der Waals surface area (Å²) in [6.45, 7) is 2.28. The molecule has 0 bridgehead atoms. The maximum atomic E-state index is 12.8. The van der Waals surface area contributed by atoms with Gasteiger partial charge in [0.2, 0.25) is 0 Å². The molecule has 0 saturated heterocycles. The summed E-state index contributed by atoms with van der Waals surface area (Å²) in [5.41, 5.74) is 5.64. The number of aryl methyl sites for hydroxylation is 2. The summed E-state index contributed by atoms with van der Waals surface area (Å²) in [5.74, 6) is -1.66. The first-order valence-electron chi connectivity index (χ1n) is 10.6. The average molecular weight is 413 g/mol. The molecule has 0 aromatic heterocycles. The first kappa shape index (κ1) is 19.3. The lowest BCUT2D eigenvalue weighted by molar-refractivity contribution is -0.129. The summed E-state index contributed by atoms with van der Waals surface area (Å²) in [5, 5.41) is 14.7. The van der Waals surface area contributed by atoms with E-state index in [2.05, 4.69) is 22.1 Å². The molecule has 6 nitrogen and oxygen atoms in total. The molecule has 0 spiro atoms. The fourth-order valence-corrected chi connectivity index (χ4v) is 4.65. The normalized spacial score (nSPS) is 19.2. The van der Waals surface area contributed by atoms with E-state index in [4.69, 9.17) is 0 Å². The number of carbonyl (C=O) groups excluding carboxylic acids is 1. The monoisotopic (exact) mass is 413 g/mol. The highest BCUT2D eigenvalue weighted by atomic mass is 16.4. The number of allylic oxidation sites excluding steroid dienone is 2. The summed E-state index contributed by atoms with van der Waals surface area (Å²) >= 11 is 0. The zero-order valence-electron chi connectivity index (χ0n) is 17.1. The van der Waals surface area contributed by atoms with Crippen molar-refractivity contribution in [2.24, 2.45) is 5.10 Å². The van der Waals surface area contributed by atoms with E-state index in [0.29, 0.717) is 5.69 Å². The number of nitrogens with zero attached hydrogens (tertiary/aromatic N) is 3. The van der Waals surface area contributed by atoms with Crippen LogP contribution in [-0.2, 0) is 22.4 Å². The van der Waals surface area contributed by atoms with E-state index >= 15 is 0 Å². The van der Waals surface area contributed by atoms with Gasteiger partial charge in [0, 0.05) is 18.8 Å². The SMILES string of the molecule is O=C(O)C1=NN(c2ccccc2)C(=O)/C1=C\C=C\c1cc2c3c(c1)CCCN3CCC2. The third-order valence-corrected chi connectivity index (χ3v) is 5.99. The Morgan fingerprint density at radius 3 is 2.35 bits per heavy atom. The standard InChI is InChI=1S/C25H23N3O3/c29-24-21(22(25(30)31)26-28(24)20-10-2-1-3-11-20)12-4-7-17-15-18-8-5-13-27-14-6-9-19(16-17)23(18)27/h1-4,7,10-12,15-16H,5-6,8-9,13-14H2,(H,30,31)/b7-4+,21-12-. The molecule has 31 heavy (non-hydrogen) atoms. The molecule has 0 fully saturated rings. The molecule has 2 aromatic rings. The molecule has 2 aromatic carbocycles. The van der Waals surface area contributed by atoms with Gasteiger partial charge in [-0.25, -0.2) is 4.79 Å². The van der Waals surface area contributed by atoms with Crippen molar-refractivity contribution in [1.82, 2.24) is 0 Å². The summed E-state index contributed by atoms with van der Waals surface area (Å²) < 4.78 is 0. The molecule has 3 heterocycles. The van der Waals surface area contributed by atoms with Crippen molar-refractivity contribution in [3.8, 4) is 0 Å². The fourth-order valence-electron chi connectivity index (χ4n) is 4.65. The molecule has 3 aliphatic rings. The van der Waals surface area contributed by atoms with Gasteiger partial charge in [-0.1, -0.05) is 30.4 Å². The minimum absolute atomic E-state index is 0.0816. The highest BCUT2D eigenvalue weighted by molar-refractivity contribution is 6.52. The van der Waals surface area contributed by atoms with Crippen LogP contribution in [0.3, 0.4) is 0 Å². The third-order valence-electron chi connectivity index (χ3n) is 5.99. The molecule has 0 atom stereocenters. The first-order valence-corrected chi connectivity index (χ1v) is 10.6. The Bertz CT molecular complexity index is 1120. The Morgan fingerprint density at radius 1 is 1.03 bits per heavy atom. The van der Waals surface area contributed by atoms with Gasteiger partial charge in [-0.05, 0) is 72.7 Å². The van der Waals surface area contributed by atoms with E-state index in [-0.39, 0.29) is 11.3 Å². The maximum Gasteiger partial charge on any atom is 0.357 e. The Hall–Kier alpha value is -3.67. The Labute approximate surface area is 180 Å². The number of rotatable bonds is 4. The van der Waals surface area contributed by atoms with E-state index in [1.807, 2.05) is 12.1 Å². The van der Waals surface area contributed by atoms with Gasteiger partial charge in [0.25, 0.3) is 5.91 Å². The lowest BCUT2D eigenvalue weighted by atomic mass is 9.90. The van der Waals surface area contributed by atoms with Crippen LogP contribution in [0.4, 0.5) is 11.4 Å². The van der Waals surface area contributed by atoms with Gasteiger partial charge in [0.1, 0.15) is 0 Å². The van der Waals surface area contributed by atoms with Gasteiger partial charge in [-0.2, -0.15) is 10.1 Å². The number of aliphatic carboxylic acids is 1. The maximum absolute atomic E-state index is 12.8. The van der Waals surface area contributed by atoms with Crippen molar-refractivity contribution in [3.63, 3.8) is 0 Å².